The van der Waals surface area contributed by atoms with E-state index < -0.39 is 12.1 Å². The van der Waals surface area contributed by atoms with Gasteiger partial charge in [-0.1, -0.05) is 385 Å². The predicted octanol–water partition coefficient (Wildman–Crippen LogP) is 23.4. The van der Waals surface area contributed by atoms with E-state index in [1.807, 2.05) is 6.08 Å². The van der Waals surface area contributed by atoms with Crippen molar-refractivity contribution in [3.8, 4) is 0 Å². The number of nitrogens with one attached hydrogen (secondary N) is 1. The van der Waals surface area contributed by atoms with E-state index in [4.69, 9.17) is 0 Å². The summed E-state index contributed by atoms with van der Waals surface area (Å²) in [4.78, 5) is 12.5. The summed E-state index contributed by atoms with van der Waals surface area (Å²) in [6.07, 6.45) is 89.9. The molecule has 4 heteroatoms. The monoisotopic (exact) mass is 1040 g/mol. The van der Waals surface area contributed by atoms with Gasteiger partial charge < -0.3 is 15.5 Å². The third-order valence-electron chi connectivity index (χ3n) is 16.4. The van der Waals surface area contributed by atoms with Crippen LogP contribution in [0.2, 0.25) is 0 Å². The molecule has 0 rings (SSSR count). The number of hydrogen-bond acceptors (Lipinski definition) is 3. The normalized spacial score (nSPS) is 12.8. The maximum absolute atomic E-state index is 12.5. The standard InChI is InChI=1S/C70H137NO3/c1-3-5-7-9-11-13-15-17-19-21-23-25-27-29-31-33-34-35-36-38-40-42-44-46-48-50-52-54-56-58-60-62-64-66-70(74)71-68(67-72)69(73)65-63-61-59-57-55-53-51-49-47-45-43-41-39-37-32-30-28-26-24-22-20-18-16-14-12-10-8-6-4-2/h55,57,63,65,68-69,72-73H,3-54,56,58-62,64,66-67H2,1-2H3,(H,71,74)/b57-55+,65-63+. The largest absolute Gasteiger partial charge is 0.394 e. The van der Waals surface area contributed by atoms with Gasteiger partial charge in [0.2, 0.25) is 5.91 Å². The Bertz CT molecular complexity index is 1090. The van der Waals surface area contributed by atoms with E-state index in [1.54, 1.807) is 6.08 Å². The first-order valence-electron chi connectivity index (χ1n) is 34.6. The zero-order chi connectivity index (χ0) is 53.4. The number of carbonyl (C=O) groups is 1. The Balaban J connectivity index is 3.43. The number of hydrogen-bond donors (Lipinski definition) is 3. The molecule has 0 aliphatic carbocycles. The van der Waals surface area contributed by atoms with Gasteiger partial charge in [0.1, 0.15) is 0 Å². The van der Waals surface area contributed by atoms with E-state index in [0.29, 0.717) is 6.42 Å². The van der Waals surface area contributed by atoms with Crippen LogP contribution in [-0.4, -0.2) is 34.9 Å². The van der Waals surface area contributed by atoms with Gasteiger partial charge in [0.05, 0.1) is 18.8 Å². The second-order valence-electron chi connectivity index (χ2n) is 24.0. The van der Waals surface area contributed by atoms with Crippen molar-refractivity contribution in [2.45, 2.75) is 411 Å². The lowest BCUT2D eigenvalue weighted by Gasteiger charge is -2.19. The third kappa shape index (κ3) is 61.7. The summed E-state index contributed by atoms with van der Waals surface area (Å²) in [5, 5.41) is 23.3. The van der Waals surface area contributed by atoms with Gasteiger partial charge in [-0.3, -0.25) is 4.79 Å². The molecule has 4 nitrogen and oxygen atoms in total. The molecule has 1 amide bonds. The van der Waals surface area contributed by atoms with Crippen LogP contribution in [0.3, 0.4) is 0 Å². The Kier molecular flexibility index (Phi) is 65.1. The summed E-state index contributed by atoms with van der Waals surface area (Å²) in [7, 11) is 0. The first-order chi connectivity index (χ1) is 36.7. The Morgan fingerprint density at radius 1 is 0.311 bits per heavy atom. The molecule has 0 aromatic carbocycles. The fourth-order valence-electron chi connectivity index (χ4n) is 11.2. The van der Waals surface area contributed by atoms with Crippen LogP contribution < -0.4 is 5.32 Å². The molecule has 74 heavy (non-hydrogen) atoms. The minimum atomic E-state index is -0.861. The molecular formula is C70H137NO3. The van der Waals surface area contributed by atoms with Crippen molar-refractivity contribution in [1.29, 1.82) is 0 Å². The summed E-state index contributed by atoms with van der Waals surface area (Å²) in [5.74, 6) is -0.0641. The van der Waals surface area contributed by atoms with Gasteiger partial charge in [-0.25, -0.2) is 0 Å². The van der Waals surface area contributed by atoms with Crippen LogP contribution in [0.15, 0.2) is 24.3 Å². The molecule has 0 radical (unpaired) electrons. The van der Waals surface area contributed by atoms with Gasteiger partial charge in [-0.2, -0.15) is 0 Å². The van der Waals surface area contributed by atoms with E-state index in [-0.39, 0.29) is 12.5 Å². The molecule has 3 N–H and O–H groups in total. The molecule has 0 bridgehead atoms. The molecule has 0 aromatic heterocycles. The minimum absolute atomic E-state index is 0.0641. The topological polar surface area (TPSA) is 69.6 Å². The highest BCUT2D eigenvalue weighted by molar-refractivity contribution is 5.76. The Morgan fingerprint density at radius 3 is 0.784 bits per heavy atom. The van der Waals surface area contributed by atoms with Gasteiger partial charge in [-0.05, 0) is 32.1 Å². The number of amides is 1. The van der Waals surface area contributed by atoms with E-state index in [9.17, 15) is 15.0 Å². The van der Waals surface area contributed by atoms with Crippen LogP contribution >= 0.6 is 0 Å². The highest BCUT2D eigenvalue weighted by Crippen LogP contribution is 2.19. The van der Waals surface area contributed by atoms with Crippen molar-refractivity contribution >= 4 is 5.91 Å². The van der Waals surface area contributed by atoms with Crippen molar-refractivity contribution in [2.75, 3.05) is 6.61 Å². The quantitative estimate of drug-likeness (QED) is 0.0420. The van der Waals surface area contributed by atoms with Gasteiger partial charge in [0.25, 0.3) is 0 Å². The van der Waals surface area contributed by atoms with E-state index in [1.165, 1.54) is 347 Å². The first-order valence-corrected chi connectivity index (χ1v) is 34.6. The molecule has 0 aliphatic rings. The van der Waals surface area contributed by atoms with E-state index >= 15 is 0 Å². The lowest BCUT2D eigenvalue weighted by Crippen LogP contribution is -2.45. The molecule has 2 atom stereocenters. The summed E-state index contributed by atoms with van der Waals surface area (Å²) in [5.41, 5.74) is 0. The van der Waals surface area contributed by atoms with Crippen LogP contribution in [0.4, 0.5) is 0 Å². The van der Waals surface area contributed by atoms with Crippen molar-refractivity contribution in [2.24, 2.45) is 0 Å². The average molecular weight is 1040 g/mol. The van der Waals surface area contributed by atoms with Gasteiger partial charge in [0, 0.05) is 6.42 Å². The Hall–Kier alpha value is -1.13. The number of allylic oxidation sites excluding steroid dienone is 3. The number of aliphatic hydroxyl groups is 2. The summed E-state index contributed by atoms with van der Waals surface area (Å²) in [6.45, 7) is 4.35. The van der Waals surface area contributed by atoms with Crippen molar-refractivity contribution in [3.05, 3.63) is 24.3 Å². The SMILES string of the molecule is CCCCCCCCCCCCCCCCCCCCCCCCC/C=C/CC/C=C/C(O)C(CO)NC(=O)CCCCCCCCCCCCCCCCCCCCCCCCCCCCCCCCCCC. The first kappa shape index (κ1) is 72.9. The fourth-order valence-corrected chi connectivity index (χ4v) is 11.2. The fraction of sp³-hybridized carbons (Fsp3) is 0.929. The van der Waals surface area contributed by atoms with Crippen LogP contribution in [-0.2, 0) is 4.79 Å². The molecule has 0 saturated heterocycles. The highest BCUT2D eigenvalue weighted by Gasteiger charge is 2.18. The van der Waals surface area contributed by atoms with Crippen LogP contribution in [0.5, 0.6) is 0 Å². The highest BCUT2D eigenvalue weighted by atomic mass is 16.3. The molecule has 440 valence electrons. The lowest BCUT2D eigenvalue weighted by atomic mass is 10.0. The maximum Gasteiger partial charge on any atom is 0.220 e. The van der Waals surface area contributed by atoms with E-state index in [0.717, 1.165) is 32.1 Å². The van der Waals surface area contributed by atoms with Gasteiger partial charge in [0.15, 0.2) is 0 Å². The summed E-state index contributed by atoms with van der Waals surface area (Å²) < 4.78 is 0. The second kappa shape index (κ2) is 66.2. The zero-order valence-electron chi connectivity index (χ0n) is 50.9. The second-order valence-corrected chi connectivity index (χ2v) is 24.0. The van der Waals surface area contributed by atoms with Crippen LogP contribution in [0.1, 0.15) is 399 Å². The third-order valence-corrected chi connectivity index (χ3v) is 16.4. The van der Waals surface area contributed by atoms with Gasteiger partial charge >= 0.3 is 0 Å². The number of carbonyl (C=O) groups excluding carboxylic acids is 1. The van der Waals surface area contributed by atoms with Crippen molar-refractivity contribution < 1.29 is 15.0 Å². The summed E-state index contributed by atoms with van der Waals surface area (Å²) >= 11 is 0. The average Bonchev–Trinajstić information content (AvgIpc) is 3.40. The van der Waals surface area contributed by atoms with E-state index in [2.05, 4.69) is 31.3 Å². The molecule has 0 aliphatic heterocycles. The molecule has 0 heterocycles. The Labute approximate surface area is 466 Å². The lowest BCUT2D eigenvalue weighted by molar-refractivity contribution is -0.123. The van der Waals surface area contributed by atoms with Crippen molar-refractivity contribution in [1.82, 2.24) is 5.32 Å². The number of unbranched alkanes of at least 4 members (excludes halogenated alkanes) is 56. The molecule has 0 spiro atoms. The van der Waals surface area contributed by atoms with Gasteiger partial charge in [-0.15, -0.1) is 0 Å². The maximum atomic E-state index is 12.5. The van der Waals surface area contributed by atoms with Crippen LogP contribution in [0, 0.1) is 0 Å². The summed E-state index contributed by atoms with van der Waals surface area (Å²) in [6, 6.07) is -0.638. The molecular weight excluding hydrogens is 903 g/mol. The Morgan fingerprint density at radius 2 is 0.527 bits per heavy atom. The van der Waals surface area contributed by atoms with Crippen LogP contribution in [0.25, 0.3) is 0 Å². The minimum Gasteiger partial charge on any atom is -0.394 e. The number of rotatable bonds is 65. The molecule has 0 fully saturated rings. The molecule has 0 saturated carbocycles. The number of aliphatic hydroxyl groups excluding tert-OH is 2. The predicted molar refractivity (Wildman–Crippen MR) is 332 cm³/mol. The molecule has 0 aromatic rings. The smallest absolute Gasteiger partial charge is 0.220 e. The molecule has 2 unspecified atom stereocenters. The van der Waals surface area contributed by atoms with Crippen molar-refractivity contribution in [3.63, 3.8) is 0 Å². The zero-order valence-corrected chi connectivity index (χ0v) is 50.9.